The van der Waals surface area contributed by atoms with E-state index < -0.39 is 30.0 Å². The highest BCUT2D eigenvalue weighted by atomic mass is 19.4. The third kappa shape index (κ3) is 15.5. The zero-order chi connectivity index (χ0) is 37.4. The van der Waals surface area contributed by atoms with Crippen molar-refractivity contribution in [3.8, 4) is 0 Å². The number of carbonyl (C=O) groups excluding carboxylic acids is 3. The molecule has 0 fully saturated rings. The lowest BCUT2D eigenvalue weighted by Crippen LogP contribution is -2.34. The van der Waals surface area contributed by atoms with Crippen LogP contribution in [0.3, 0.4) is 0 Å². The van der Waals surface area contributed by atoms with E-state index in [9.17, 15) is 32.7 Å². The predicted octanol–water partition coefficient (Wildman–Crippen LogP) is 8.40. The van der Waals surface area contributed by atoms with Crippen LogP contribution in [0.5, 0.6) is 0 Å². The van der Waals surface area contributed by atoms with Crippen LogP contribution in [0.1, 0.15) is 79.1 Å². The molecule has 1 aliphatic heterocycles. The average molecular weight is 701 g/mol. The number of nitrogens with zero attached hydrogens (tertiary/aromatic N) is 1. The van der Waals surface area contributed by atoms with Gasteiger partial charge in [0.05, 0.1) is 18.3 Å². The van der Waals surface area contributed by atoms with Crippen LogP contribution >= 0.6 is 0 Å². The number of hydrogen-bond donors (Lipinski definition) is 2. The number of nitrogens with one attached hydrogen (secondary N) is 1. The van der Waals surface area contributed by atoms with Gasteiger partial charge in [-0.05, 0) is 69.7 Å². The highest BCUT2D eigenvalue weighted by molar-refractivity contribution is 5.85. The number of aliphatic hydroxyl groups excluding tert-OH is 1. The van der Waals surface area contributed by atoms with E-state index in [0.29, 0.717) is 12.8 Å². The van der Waals surface area contributed by atoms with Crippen LogP contribution in [-0.4, -0.2) is 46.8 Å². The number of pyridine rings is 1. The Balaban J connectivity index is 1.78. The van der Waals surface area contributed by atoms with E-state index in [1.807, 2.05) is 65.0 Å². The molecule has 1 aromatic heterocycles. The maximum absolute atomic E-state index is 13.2. The second-order valence-corrected chi connectivity index (χ2v) is 13.1. The number of alkyl halides is 3. The van der Waals surface area contributed by atoms with Gasteiger partial charge in [0, 0.05) is 24.3 Å². The summed E-state index contributed by atoms with van der Waals surface area (Å²) in [6, 6.07) is 3.44. The minimum absolute atomic E-state index is 0.0464. The number of ketones is 1. The summed E-state index contributed by atoms with van der Waals surface area (Å²) in [6.45, 7) is 13.0. The van der Waals surface area contributed by atoms with Gasteiger partial charge in [-0.25, -0.2) is 14.6 Å². The number of cyclic esters (lactones) is 1. The van der Waals surface area contributed by atoms with Crippen LogP contribution in [0.15, 0.2) is 89.6 Å². The smallest absolute Gasteiger partial charge is 0.433 e. The lowest BCUT2D eigenvalue weighted by molar-refractivity contribution is -0.142. The number of Topliss-reactive ketones (excluding diaryl/α,β-unsaturated/α-hetero) is 1. The number of hydrogen-bond acceptors (Lipinski definition) is 7. The van der Waals surface area contributed by atoms with Gasteiger partial charge in [0.25, 0.3) is 0 Å². The van der Waals surface area contributed by atoms with Crippen molar-refractivity contribution in [1.82, 2.24) is 10.3 Å². The number of carbonyl (C=O) groups is 3. The van der Waals surface area contributed by atoms with Crippen LogP contribution in [0.4, 0.5) is 18.0 Å². The number of esters is 1. The Bertz CT molecular complexity index is 1490. The second-order valence-electron chi connectivity index (χ2n) is 13.1. The van der Waals surface area contributed by atoms with Crippen LogP contribution < -0.4 is 5.32 Å². The molecule has 274 valence electrons. The summed E-state index contributed by atoms with van der Waals surface area (Å²) in [5.74, 6) is -1.33. The first-order valence-electron chi connectivity index (χ1n) is 16.9. The fraction of sp³-hybridized carbons (Fsp3) is 0.487. The van der Waals surface area contributed by atoms with Gasteiger partial charge in [-0.3, -0.25) is 4.79 Å². The molecule has 2 N–H and O–H groups in total. The molecule has 0 bridgehead atoms. The number of aliphatic hydroxyl groups is 1. The first kappa shape index (κ1) is 41.9. The minimum atomic E-state index is -4.58. The molecular formula is C39H51F3N2O6. The Labute approximate surface area is 293 Å². The summed E-state index contributed by atoms with van der Waals surface area (Å²) in [4.78, 5) is 40.0. The number of rotatable bonds is 17. The molecule has 2 rings (SSSR count). The van der Waals surface area contributed by atoms with Crippen molar-refractivity contribution in [1.29, 1.82) is 0 Å². The van der Waals surface area contributed by atoms with Crippen molar-refractivity contribution in [3.63, 3.8) is 0 Å². The Morgan fingerprint density at radius 1 is 1.10 bits per heavy atom. The molecule has 1 amide bonds. The van der Waals surface area contributed by atoms with Crippen LogP contribution in [0.25, 0.3) is 0 Å². The first-order chi connectivity index (χ1) is 23.5. The van der Waals surface area contributed by atoms with E-state index in [1.54, 1.807) is 13.0 Å². The SMILES string of the molecule is CC(=C/[C@H](C)C/C=C/C(C)=C/[C@@H](C)C(=O)[C@@H](C)[C@H](O)[C@@H](C)C/C(C)=C/COC(=O)NCc1cccc(C(F)(F)F)n1)/C=C/[C@H]1CC=CC(=O)O1. The molecule has 0 aromatic carbocycles. The number of amides is 1. The average Bonchev–Trinajstić information content (AvgIpc) is 3.05. The maximum atomic E-state index is 13.2. The van der Waals surface area contributed by atoms with Gasteiger partial charge in [0.15, 0.2) is 0 Å². The molecule has 8 nitrogen and oxygen atoms in total. The third-order valence-electron chi connectivity index (χ3n) is 8.21. The van der Waals surface area contributed by atoms with E-state index in [2.05, 4.69) is 29.4 Å². The predicted molar refractivity (Wildman–Crippen MR) is 188 cm³/mol. The summed E-state index contributed by atoms with van der Waals surface area (Å²) in [7, 11) is 0. The van der Waals surface area contributed by atoms with Crippen molar-refractivity contribution in [2.75, 3.05) is 6.61 Å². The van der Waals surface area contributed by atoms with E-state index in [0.717, 1.165) is 29.2 Å². The fourth-order valence-electron chi connectivity index (χ4n) is 5.48. The minimum Gasteiger partial charge on any atom is -0.455 e. The standard InChI is InChI=1S/C39H51F3N2O6/c1-25(21-27(3)17-18-33-14-10-16-35(45)50-33)11-8-12-26(2)22-29(5)36(46)31(7)37(47)30(6)23-28(4)19-20-49-38(48)43-24-32-13-9-15-34(44-32)39(40,41)42/h8-10,12-13,15-19,21-22,25,29-31,33,37,47H,11,14,20,23-24H2,1-7H3,(H,43,48)/b12-8+,18-17+,26-22+,27-21-,28-19+/t25-,29-,30+,31-,33-,37-/m1/s1. The van der Waals surface area contributed by atoms with Crippen molar-refractivity contribution in [2.24, 2.45) is 23.7 Å². The number of ether oxygens (including phenoxy) is 2. The molecular weight excluding hydrogens is 649 g/mol. The summed E-state index contributed by atoms with van der Waals surface area (Å²) in [5, 5.41) is 13.3. The molecule has 50 heavy (non-hydrogen) atoms. The van der Waals surface area contributed by atoms with Gasteiger partial charge in [-0.2, -0.15) is 13.2 Å². The molecule has 0 saturated heterocycles. The molecule has 2 heterocycles. The van der Waals surface area contributed by atoms with E-state index in [1.165, 1.54) is 18.2 Å². The van der Waals surface area contributed by atoms with Crippen molar-refractivity contribution >= 4 is 17.8 Å². The Hall–Kier alpha value is -4.25. The summed E-state index contributed by atoms with van der Waals surface area (Å²) in [5.41, 5.74) is 1.89. The normalized spacial score (nSPS) is 19.2. The van der Waals surface area contributed by atoms with Gasteiger partial charge in [0.1, 0.15) is 24.2 Å². The van der Waals surface area contributed by atoms with E-state index in [4.69, 9.17) is 9.47 Å². The van der Waals surface area contributed by atoms with Crippen molar-refractivity contribution in [2.45, 2.75) is 92.7 Å². The molecule has 0 spiro atoms. The molecule has 0 radical (unpaired) electrons. The molecule has 6 atom stereocenters. The Morgan fingerprint density at radius 3 is 2.48 bits per heavy atom. The number of aromatic nitrogens is 1. The molecule has 0 aliphatic carbocycles. The zero-order valence-electron chi connectivity index (χ0n) is 30.0. The molecule has 1 aromatic rings. The largest absolute Gasteiger partial charge is 0.455 e. The topological polar surface area (TPSA) is 115 Å². The van der Waals surface area contributed by atoms with E-state index in [-0.39, 0.29) is 54.5 Å². The van der Waals surface area contributed by atoms with Crippen LogP contribution in [-0.2, 0) is 31.8 Å². The lowest BCUT2D eigenvalue weighted by Gasteiger charge is -2.26. The quantitative estimate of drug-likeness (QED) is 0.0953. The van der Waals surface area contributed by atoms with E-state index >= 15 is 0 Å². The zero-order valence-corrected chi connectivity index (χ0v) is 30.0. The van der Waals surface area contributed by atoms with Gasteiger partial charge < -0.3 is 19.9 Å². The lowest BCUT2D eigenvalue weighted by atomic mass is 9.83. The maximum Gasteiger partial charge on any atom is 0.433 e. The summed E-state index contributed by atoms with van der Waals surface area (Å²) >= 11 is 0. The summed E-state index contributed by atoms with van der Waals surface area (Å²) in [6.07, 6.45) is 12.4. The highest BCUT2D eigenvalue weighted by Gasteiger charge is 2.32. The molecule has 11 heteroatoms. The van der Waals surface area contributed by atoms with Crippen molar-refractivity contribution in [3.05, 3.63) is 101 Å². The second kappa shape index (κ2) is 20.4. The Kier molecular flexibility index (Phi) is 17.1. The third-order valence-corrected chi connectivity index (χ3v) is 8.21. The highest BCUT2D eigenvalue weighted by Crippen LogP contribution is 2.27. The first-order valence-corrected chi connectivity index (χ1v) is 16.9. The fourth-order valence-corrected chi connectivity index (χ4v) is 5.48. The molecule has 0 unspecified atom stereocenters. The van der Waals surface area contributed by atoms with Crippen LogP contribution in [0.2, 0.25) is 0 Å². The monoisotopic (exact) mass is 700 g/mol. The van der Waals surface area contributed by atoms with Gasteiger partial charge in [0.2, 0.25) is 0 Å². The number of alkyl carbamates (subject to hydrolysis) is 1. The molecule has 1 aliphatic rings. The number of halogens is 3. The van der Waals surface area contributed by atoms with Crippen LogP contribution in [0, 0.1) is 23.7 Å². The van der Waals surface area contributed by atoms with Gasteiger partial charge in [-0.1, -0.05) is 86.9 Å². The van der Waals surface area contributed by atoms with Gasteiger partial charge in [-0.15, -0.1) is 0 Å². The number of allylic oxidation sites excluding steroid dienone is 8. The summed E-state index contributed by atoms with van der Waals surface area (Å²) < 4.78 is 48.8. The van der Waals surface area contributed by atoms with Gasteiger partial charge >= 0.3 is 18.2 Å². The Morgan fingerprint density at radius 2 is 1.80 bits per heavy atom. The van der Waals surface area contributed by atoms with Crippen molar-refractivity contribution < 1.29 is 42.1 Å². The molecule has 0 saturated carbocycles.